The lowest BCUT2D eigenvalue weighted by molar-refractivity contribution is 0.230. The van der Waals surface area contributed by atoms with Crippen LogP contribution < -0.4 is 9.47 Å². The van der Waals surface area contributed by atoms with E-state index in [2.05, 4.69) is 4.98 Å². The monoisotopic (exact) mass is 341 g/mol. The number of fused-ring (bicyclic) bond motifs is 1. The van der Waals surface area contributed by atoms with Crippen LogP contribution in [-0.4, -0.2) is 30.9 Å². The van der Waals surface area contributed by atoms with Gasteiger partial charge in [-0.25, -0.2) is 4.98 Å². The zero-order valence-corrected chi connectivity index (χ0v) is 14.8. The molecule has 0 saturated heterocycles. The predicted octanol–water partition coefficient (Wildman–Crippen LogP) is 4.07. The van der Waals surface area contributed by atoms with Crippen molar-refractivity contribution in [1.82, 2.24) is 4.98 Å². The van der Waals surface area contributed by atoms with E-state index in [1.807, 2.05) is 43.3 Å². The molecule has 1 atom stereocenters. The van der Waals surface area contributed by atoms with Crippen LogP contribution in [0.25, 0.3) is 22.6 Å². The Morgan fingerprint density at radius 3 is 2.72 bits per heavy atom. The van der Waals surface area contributed by atoms with Gasteiger partial charge in [-0.05, 0) is 48.6 Å². The first kappa shape index (κ1) is 17.3. The molecule has 0 aliphatic rings. The van der Waals surface area contributed by atoms with Crippen molar-refractivity contribution >= 4 is 11.1 Å². The highest BCUT2D eigenvalue weighted by atomic mass is 16.5. The Morgan fingerprint density at radius 1 is 1.16 bits per heavy atom. The predicted molar refractivity (Wildman–Crippen MR) is 97.1 cm³/mol. The first-order valence-corrected chi connectivity index (χ1v) is 8.38. The second kappa shape index (κ2) is 7.57. The largest absolute Gasteiger partial charge is 0.493 e. The van der Waals surface area contributed by atoms with Gasteiger partial charge in [0, 0.05) is 6.61 Å². The smallest absolute Gasteiger partial charge is 0.231 e. The molecule has 0 spiro atoms. The molecular weight excluding hydrogens is 318 g/mol. The number of ether oxygens (including phenoxy) is 2. The number of aromatic nitrogens is 1. The third-order valence-electron chi connectivity index (χ3n) is 4.32. The van der Waals surface area contributed by atoms with Crippen LogP contribution in [0.5, 0.6) is 11.5 Å². The van der Waals surface area contributed by atoms with E-state index in [-0.39, 0.29) is 6.61 Å². The Balaban J connectivity index is 1.94. The number of rotatable bonds is 7. The van der Waals surface area contributed by atoms with Crippen molar-refractivity contribution in [3.05, 3.63) is 42.0 Å². The number of para-hydroxylation sites is 1. The lowest BCUT2D eigenvalue weighted by atomic mass is 10.0. The number of aliphatic hydroxyl groups excluding tert-OH is 1. The second-order valence-electron chi connectivity index (χ2n) is 6.19. The highest BCUT2D eigenvalue weighted by Crippen LogP contribution is 2.38. The summed E-state index contributed by atoms with van der Waals surface area (Å²) in [5.74, 6) is 2.05. The molecule has 3 rings (SSSR count). The van der Waals surface area contributed by atoms with Gasteiger partial charge in [-0.3, -0.25) is 0 Å². The molecule has 0 saturated carbocycles. The highest BCUT2D eigenvalue weighted by Gasteiger charge is 2.17. The maximum absolute atomic E-state index is 9.16. The molecule has 3 aromatic rings. The molecule has 0 bridgehead atoms. The first-order valence-electron chi connectivity index (χ1n) is 8.38. The van der Waals surface area contributed by atoms with Gasteiger partial charge in [0.15, 0.2) is 17.1 Å². The molecule has 0 aliphatic heterocycles. The number of benzene rings is 2. The molecule has 1 N–H and O–H groups in total. The Morgan fingerprint density at radius 2 is 2.00 bits per heavy atom. The van der Waals surface area contributed by atoms with E-state index < -0.39 is 0 Å². The van der Waals surface area contributed by atoms with E-state index in [9.17, 15) is 0 Å². The molecule has 0 fully saturated rings. The maximum Gasteiger partial charge on any atom is 0.231 e. The summed E-state index contributed by atoms with van der Waals surface area (Å²) in [5.41, 5.74) is 3.49. The molecule has 5 heteroatoms. The maximum atomic E-state index is 9.16. The topological polar surface area (TPSA) is 64.7 Å². The zero-order chi connectivity index (χ0) is 17.8. The summed E-state index contributed by atoms with van der Waals surface area (Å²) >= 11 is 0. The van der Waals surface area contributed by atoms with E-state index in [4.69, 9.17) is 19.0 Å². The van der Waals surface area contributed by atoms with E-state index in [0.29, 0.717) is 23.3 Å². The van der Waals surface area contributed by atoms with Crippen molar-refractivity contribution in [3.63, 3.8) is 0 Å². The van der Waals surface area contributed by atoms with Crippen LogP contribution in [0.3, 0.4) is 0 Å². The van der Waals surface area contributed by atoms with Crippen LogP contribution in [0.2, 0.25) is 0 Å². The summed E-state index contributed by atoms with van der Waals surface area (Å²) in [6.45, 7) is 2.26. The summed E-state index contributed by atoms with van der Waals surface area (Å²) in [6.07, 6.45) is 1.85. The van der Waals surface area contributed by atoms with Gasteiger partial charge < -0.3 is 19.0 Å². The molecule has 5 nitrogen and oxygen atoms in total. The summed E-state index contributed by atoms with van der Waals surface area (Å²) in [4.78, 5) is 4.62. The van der Waals surface area contributed by atoms with Gasteiger partial charge in [0.05, 0.1) is 19.8 Å². The van der Waals surface area contributed by atoms with Crippen molar-refractivity contribution in [1.29, 1.82) is 0 Å². The van der Waals surface area contributed by atoms with Crippen molar-refractivity contribution in [3.8, 4) is 23.0 Å². The quantitative estimate of drug-likeness (QED) is 0.702. The van der Waals surface area contributed by atoms with Crippen LogP contribution in [0.1, 0.15) is 18.9 Å². The Hall–Kier alpha value is -2.53. The van der Waals surface area contributed by atoms with E-state index in [1.165, 1.54) is 5.56 Å². The minimum absolute atomic E-state index is 0.214. The summed E-state index contributed by atoms with van der Waals surface area (Å²) in [6, 6.07) is 11.6. The van der Waals surface area contributed by atoms with Crippen LogP contribution in [0, 0.1) is 5.92 Å². The fraction of sp³-hybridized carbons (Fsp3) is 0.350. The average Bonchev–Trinajstić information content (AvgIpc) is 3.08. The average molecular weight is 341 g/mol. The number of aryl methyl sites for hydroxylation is 1. The summed E-state index contributed by atoms with van der Waals surface area (Å²) < 4.78 is 16.7. The number of oxazole rings is 1. The minimum atomic E-state index is 0.214. The zero-order valence-electron chi connectivity index (χ0n) is 14.8. The lowest BCUT2D eigenvalue weighted by Crippen LogP contribution is -2.02. The number of nitrogens with zero attached hydrogens (tertiary/aromatic N) is 1. The number of aliphatic hydroxyl groups is 1. The molecule has 1 unspecified atom stereocenters. The summed E-state index contributed by atoms with van der Waals surface area (Å²) in [5, 5.41) is 9.16. The van der Waals surface area contributed by atoms with Crippen LogP contribution in [-0.2, 0) is 6.42 Å². The van der Waals surface area contributed by atoms with E-state index in [1.54, 1.807) is 14.2 Å². The molecule has 25 heavy (non-hydrogen) atoms. The van der Waals surface area contributed by atoms with Crippen molar-refractivity contribution in [2.75, 3.05) is 20.8 Å². The van der Waals surface area contributed by atoms with Crippen molar-refractivity contribution in [2.24, 2.45) is 5.92 Å². The number of hydrogen-bond donors (Lipinski definition) is 1. The fourth-order valence-corrected chi connectivity index (χ4v) is 2.80. The van der Waals surface area contributed by atoms with Crippen LogP contribution >= 0.6 is 0 Å². The molecular formula is C20H23NO4. The number of hydrogen-bond acceptors (Lipinski definition) is 5. The van der Waals surface area contributed by atoms with Gasteiger partial charge >= 0.3 is 0 Å². The molecule has 1 aromatic heterocycles. The third kappa shape index (κ3) is 3.61. The SMILES string of the molecule is COc1cccc(-c2nc3cc(CCC(C)CO)ccc3o2)c1OC. The van der Waals surface area contributed by atoms with Gasteiger partial charge in [-0.2, -0.15) is 0 Å². The normalized spacial score (nSPS) is 12.3. The molecule has 0 amide bonds. The minimum Gasteiger partial charge on any atom is -0.493 e. The van der Waals surface area contributed by atoms with Gasteiger partial charge in [0.25, 0.3) is 0 Å². The van der Waals surface area contributed by atoms with Crippen LogP contribution in [0.15, 0.2) is 40.8 Å². The molecule has 0 aliphatic carbocycles. The third-order valence-corrected chi connectivity index (χ3v) is 4.32. The number of methoxy groups -OCH3 is 2. The Bertz CT molecular complexity index is 856. The standard InChI is InChI=1S/C20H23NO4/c1-13(12-22)7-8-14-9-10-17-16(11-14)21-20(25-17)15-5-4-6-18(23-2)19(15)24-3/h4-6,9-11,13,22H,7-8,12H2,1-3H3. The van der Waals surface area contributed by atoms with Gasteiger partial charge in [-0.15, -0.1) is 0 Å². The first-order chi connectivity index (χ1) is 12.2. The Labute approximate surface area is 147 Å². The molecule has 1 heterocycles. The van der Waals surface area contributed by atoms with Gasteiger partial charge in [-0.1, -0.05) is 19.1 Å². The van der Waals surface area contributed by atoms with Crippen molar-refractivity contribution < 1.29 is 19.0 Å². The fourth-order valence-electron chi connectivity index (χ4n) is 2.80. The lowest BCUT2D eigenvalue weighted by Gasteiger charge is -2.09. The van der Waals surface area contributed by atoms with Gasteiger partial charge in [0.1, 0.15) is 5.52 Å². The molecule has 0 radical (unpaired) electrons. The highest BCUT2D eigenvalue weighted by molar-refractivity contribution is 5.79. The summed E-state index contributed by atoms with van der Waals surface area (Å²) in [7, 11) is 3.21. The van der Waals surface area contributed by atoms with Crippen LogP contribution in [0.4, 0.5) is 0 Å². The van der Waals surface area contributed by atoms with Crippen molar-refractivity contribution in [2.45, 2.75) is 19.8 Å². The molecule has 2 aromatic carbocycles. The second-order valence-corrected chi connectivity index (χ2v) is 6.19. The Kier molecular flexibility index (Phi) is 5.24. The van der Waals surface area contributed by atoms with E-state index in [0.717, 1.165) is 29.5 Å². The molecule has 132 valence electrons. The van der Waals surface area contributed by atoms with E-state index >= 15 is 0 Å². The van der Waals surface area contributed by atoms with Gasteiger partial charge in [0.2, 0.25) is 5.89 Å².